The number of fused-ring (bicyclic) bond motifs is 1. The number of hydrogen-bond donors (Lipinski definition) is 2. The van der Waals surface area contributed by atoms with Gasteiger partial charge in [0.05, 0.1) is 18.2 Å². The fraction of sp³-hybridized carbons (Fsp3) is 0.200. The predicted octanol–water partition coefficient (Wildman–Crippen LogP) is 1.30. The molecule has 0 amide bonds. The van der Waals surface area contributed by atoms with Crippen molar-refractivity contribution in [3.63, 3.8) is 0 Å². The second-order valence-corrected chi connectivity index (χ2v) is 6.61. The highest BCUT2D eigenvalue weighted by atomic mass is 32.2. The van der Waals surface area contributed by atoms with Gasteiger partial charge in [-0.05, 0) is 16.3 Å². The number of benzene rings is 2. The Morgan fingerprint density at radius 3 is 2.55 bits per heavy atom. The molecule has 0 unspecified atom stereocenters. The number of carboxylic acids is 1. The van der Waals surface area contributed by atoms with Gasteiger partial charge < -0.3 is 9.90 Å². The zero-order valence-electron chi connectivity index (χ0n) is 11.6. The fourth-order valence-corrected chi connectivity index (χ4v) is 3.55. The molecular weight excluding hydrogens is 306 g/mol. The zero-order valence-corrected chi connectivity index (χ0v) is 12.4. The van der Waals surface area contributed by atoms with Crippen LogP contribution in [0.25, 0.3) is 10.8 Å². The number of hydrogen-bond acceptors (Lipinski definition) is 4. The first-order valence-corrected chi connectivity index (χ1v) is 8.20. The highest BCUT2D eigenvalue weighted by Crippen LogP contribution is 2.20. The lowest BCUT2D eigenvalue weighted by molar-refractivity contribution is -0.138. The summed E-state index contributed by atoms with van der Waals surface area (Å²) in [6.07, 6.45) is -0.299. The lowest BCUT2D eigenvalue weighted by atomic mass is 10.1. The average molecular weight is 321 g/mol. The summed E-state index contributed by atoms with van der Waals surface area (Å²) < 4.78 is 26.4. The summed E-state index contributed by atoms with van der Waals surface area (Å²) in [7, 11) is -3.83. The van der Waals surface area contributed by atoms with Crippen LogP contribution in [0.15, 0.2) is 42.5 Å². The summed E-state index contributed by atoms with van der Waals surface area (Å²) in [6.45, 7) is 0. The molecule has 0 heterocycles. The standard InChI is InChI=1S/C15H15NO5S/c17-9-13(8-15(18)19)16-22(20,21)10-12-6-3-5-11-4-1-2-7-14(11)12/h1-7,9,13,16H,8,10H2,(H,18,19)/t13-/m0/s1. The van der Waals surface area contributed by atoms with Gasteiger partial charge in [-0.2, -0.15) is 0 Å². The monoisotopic (exact) mass is 321 g/mol. The predicted molar refractivity (Wildman–Crippen MR) is 81.8 cm³/mol. The second-order valence-electron chi connectivity index (χ2n) is 4.86. The minimum Gasteiger partial charge on any atom is -0.481 e. The van der Waals surface area contributed by atoms with Gasteiger partial charge in [-0.1, -0.05) is 42.5 Å². The number of aldehydes is 1. The molecule has 0 bridgehead atoms. The molecule has 0 spiro atoms. The third kappa shape index (κ3) is 4.12. The van der Waals surface area contributed by atoms with Crippen LogP contribution in [0.4, 0.5) is 0 Å². The maximum absolute atomic E-state index is 12.1. The van der Waals surface area contributed by atoms with Crippen molar-refractivity contribution in [2.24, 2.45) is 0 Å². The molecule has 1 atom stereocenters. The first-order valence-electron chi connectivity index (χ1n) is 6.55. The SMILES string of the molecule is O=C[C@H](CC(=O)O)NS(=O)(=O)Cc1cccc2ccccc12. The fourth-order valence-electron chi connectivity index (χ4n) is 2.20. The third-order valence-electron chi connectivity index (χ3n) is 3.12. The van der Waals surface area contributed by atoms with Crippen LogP contribution in [0.5, 0.6) is 0 Å². The van der Waals surface area contributed by atoms with Crippen LogP contribution < -0.4 is 4.72 Å². The van der Waals surface area contributed by atoms with Crippen LogP contribution in [0.3, 0.4) is 0 Å². The summed E-state index contributed by atoms with van der Waals surface area (Å²) in [4.78, 5) is 21.4. The van der Waals surface area contributed by atoms with E-state index in [1.807, 2.05) is 30.3 Å². The molecule has 2 aromatic rings. The summed E-state index contributed by atoms with van der Waals surface area (Å²) in [5.74, 6) is -1.57. The smallest absolute Gasteiger partial charge is 0.305 e. The maximum atomic E-state index is 12.1. The molecule has 0 aliphatic carbocycles. The van der Waals surface area contributed by atoms with Gasteiger partial charge in [0.15, 0.2) is 0 Å². The molecule has 2 rings (SSSR count). The Bertz CT molecular complexity index is 795. The number of carbonyl (C=O) groups excluding carboxylic acids is 1. The third-order valence-corrected chi connectivity index (χ3v) is 4.47. The number of carbonyl (C=O) groups is 2. The minimum absolute atomic E-state index is 0.286. The molecule has 0 aliphatic rings. The topological polar surface area (TPSA) is 101 Å². The molecule has 0 fully saturated rings. The molecule has 0 radical (unpaired) electrons. The van der Waals surface area contributed by atoms with Crippen molar-refractivity contribution in [2.75, 3.05) is 0 Å². The summed E-state index contributed by atoms with van der Waals surface area (Å²) >= 11 is 0. The van der Waals surface area contributed by atoms with Crippen LogP contribution in [-0.2, 0) is 25.4 Å². The van der Waals surface area contributed by atoms with Crippen molar-refractivity contribution in [1.29, 1.82) is 0 Å². The Labute approximate surface area is 127 Å². The van der Waals surface area contributed by atoms with E-state index in [1.54, 1.807) is 12.1 Å². The molecule has 0 aliphatic heterocycles. The summed E-state index contributed by atoms with van der Waals surface area (Å²) in [6, 6.07) is 11.4. The van der Waals surface area contributed by atoms with Crippen LogP contribution >= 0.6 is 0 Å². The van der Waals surface area contributed by atoms with E-state index in [-0.39, 0.29) is 12.0 Å². The molecule has 116 valence electrons. The van der Waals surface area contributed by atoms with Gasteiger partial charge in [-0.15, -0.1) is 0 Å². The van der Waals surface area contributed by atoms with Crippen LogP contribution in [0, 0.1) is 0 Å². The van der Waals surface area contributed by atoms with Gasteiger partial charge in [0.25, 0.3) is 0 Å². The highest BCUT2D eigenvalue weighted by molar-refractivity contribution is 7.88. The quantitative estimate of drug-likeness (QED) is 0.749. The van der Waals surface area contributed by atoms with E-state index >= 15 is 0 Å². The average Bonchev–Trinajstić information content (AvgIpc) is 2.46. The Morgan fingerprint density at radius 1 is 1.18 bits per heavy atom. The van der Waals surface area contributed by atoms with Crippen LogP contribution in [0.2, 0.25) is 0 Å². The minimum atomic E-state index is -3.83. The molecule has 22 heavy (non-hydrogen) atoms. The molecule has 0 aromatic heterocycles. The Hall–Kier alpha value is -2.25. The second kappa shape index (κ2) is 6.67. The van der Waals surface area contributed by atoms with Crippen LogP contribution in [0.1, 0.15) is 12.0 Å². The molecule has 0 saturated heterocycles. The lowest BCUT2D eigenvalue weighted by Gasteiger charge is -2.12. The Kier molecular flexibility index (Phi) is 4.89. The van der Waals surface area contributed by atoms with Crippen molar-refractivity contribution in [3.05, 3.63) is 48.0 Å². The zero-order chi connectivity index (χ0) is 16.2. The Morgan fingerprint density at radius 2 is 1.86 bits per heavy atom. The van der Waals surface area contributed by atoms with Gasteiger partial charge in [-0.3, -0.25) is 4.79 Å². The van der Waals surface area contributed by atoms with Crippen molar-refractivity contribution >= 4 is 33.1 Å². The largest absolute Gasteiger partial charge is 0.481 e. The van der Waals surface area contributed by atoms with E-state index in [1.165, 1.54) is 0 Å². The van der Waals surface area contributed by atoms with Gasteiger partial charge >= 0.3 is 5.97 Å². The lowest BCUT2D eigenvalue weighted by Crippen LogP contribution is -2.38. The number of aliphatic carboxylic acids is 1. The van der Waals surface area contributed by atoms with Crippen molar-refractivity contribution < 1.29 is 23.1 Å². The van der Waals surface area contributed by atoms with Gasteiger partial charge in [0, 0.05) is 0 Å². The van der Waals surface area contributed by atoms with E-state index in [2.05, 4.69) is 4.72 Å². The normalized spacial score (nSPS) is 12.9. The summed E-state index contributed by atoms with van der Waals surface area (Å²) in [5, 5.41) is 10.4. The van der Waals surface area contributed by atoms with Gasteiger partial charge in [-0.25, -0.2) is 13.1 Å². The van der Waals surface area contributed by atoms with Gasteiger partial charge in [0.1, 0.15) is 6.29 Å². The van der Waals surface area contributed by atoms with Crippen molar-refractivity contribution in [1.82, 2.24) is 4.72 Å². The number of rotatable bonds is 7. The number of nitrogens with one attached hydrogen (secondary N) is 1. The van der Waals surface area contributed by atoms with E-state index in [0.29, 0.717) is 5.56 Å². The van der Waals surface area contributed by atoms with Crippen molar-refractivity contribution in [2.45, 2.75) is 18.2 Å². The molecule has 6 nitrogen and oxygen atoms in total. The van der Waals surface area contributed by atoms with E-state index in [9.17, 15) is 18.0 Å². The molecule has 7 heteroatoms. The molecule has 0 saturated carbocycles. The van der Waals surface area contributed by atoms with Gasteiger partial charge in [0.2, 0.25) is 10.0 Å². The first-order chi connectivity index (χ1) is 10.4. The first kappa shape index (κ1) is 16.1. The van der Waals surface area contributed by atoms with Crippen molar-refractivity contribution in [3.8, 4) is 0 Å². The van der Waals surface area contributed by atoms with E-state index < -0.39 is 28.5 Å². The summed E-state index contributed by atoms with van der Waals surface area (Å²) in [5.41, 5.74) is 0.588. The Balaban J connectivity index is 2.23. The number of sulfonamides is 1. The number of carboxylic acid groups (broad SMARTS) is 1. The molecule has 2 N–H and O–H groups in total. The highest BCUT2D eigenvalue weighted by Gasteiger charge is 2.21. The van der Waals surface area contributed by atoms with Crippen LogP contribution in [-0.4, -0.2) is 31.8 Å². The molecular formula is C15H15NO5S. The maximum Gasteiger partial charge on any atom is 0.305 e. The van der Waals surface area contributed by atoms with E-state index in [4.69, 9.17) is 5.11 Å². The van der Waals surface area contributed by atoms with E-state index in [0.717, 1.165) is 10.8 Å². The molecule has 2 aromatic carbocycles.